The first-order valence-corrected chi connectivity index (χ1v) is 14.2. The fraction of sp³-hybridized carbons (Fsp3) is 0.278. The number of aliphatic hydroxyl groups excluding tert-OH is 1. The Morgan fingerprint density at radius 3 is 2.29 bits per heavy atom. The van der Waals surface area contributed by atoms with Crippen LogP contribution in [0.3, 0.4) is 0 Å². The molecule has 0 saturated heterocycles. The third-order valence-corrected chi connectivity index (χ3v) is 7.26. The summed E-state index contributed by atoms with van der Waals surface area (Å²) in [5.74, 6) is 0.645. The van der Waals surface area contributed by atoms with E-state index in [-0.39, 0.29) is 31.6 Å². The molecule has 0 amide bonds. The topological polar surface area (TPSA) is 55.1 Å². The largest absolute Gasteiger partial charge is 0.512 e. The number of nitrogens with zero attached hydrogens (tertiary/aromatic N) is 2. The third-order valence-electron chi connectivity index (χ3n) is 7.26. The van der Waals surface area contributed by atoms with Gasteiger partial charge in [0.1, 0.15) is 0 Å². The van der Waals surface area contributed by atoms with E-state index in [2.05, 4.69) is 90.1 Å². The molecule has 1 radical (unpaired) electrons. The van der Waals surface area contributed by atoms with Gasteiger partial charge in [-0.1, -0.05) is 86.7 Å². The van der Waals surface area contributed by atoms with Gasteiger partial charge >= 0.3 is 0 Å². The van der Waals surface area contributed by atoms with Gasteiger partial charge in [0.25, 0.3) is 0 Å². The van der Waals surface area contributed by atoms with Crippen LogP contribution in [0.1, 0.15) is 53.4 Å². The molecule has 0 bridgehead atoms. The fourth-order valence-electron chi connectivity index (χ4n) is 5.18. The van der Waals surface area contributed by atoms with E-state index in [1.807, 2.05) is 24.4 Å². The van der Waals surface area contributed by atoms with Gasteiger partial charge in [0.2, 0.25) is 0 Å². The molecule has 0 aliphatic rings. The van der Waals surface area contributed by atoms with Crippen molar-refractivity contribution in [3.05, 3.63) is 103 Å². The first-order valence-electron chi connectivity index (χ1n) is 14.2. The van der Waals surface area contributed by atoms with Crippen molar-refractivity contribution in [2.75, 3.05) is 0 Å². The molecule has 3 aromatic carbocycles. The van der Waals surface area contributed by atoms with E-state index >= 15 is 0 Å². The number of carbonyl (C=O) groups excluding carboxylic acids is 1. The third kappa shape index (κ3) is 8.25. The van der Waals surface area contributed by atoms with Crippen LogP contribution in [0.4, 0.5) is 0 Å². The van der Waals surface area contributed by atoms with Gasteiger partial charge in [-0.2, -0.15) is 0 Å². The van der Waals surface area contributed by atoms with Crippen LogP contribution < -0.4 is 0 Å². The Labute approximate surface area is 257 Å². The van der Waals surface area contributed by atoms with Crippen molar-refractivity contribution < 1.29 is 30.0 Å². The molecule has 0 spiro atoms. The SMILES string of the molecule is CC(=O)/C=C(/C)O.CCCCC(CC)Cn1c2ccccc2c2ccc(-c3c[c-]c(-c4ccccn4)cc3)cc21.[Ir]. The molecule has 2 aromatic heterocycles. The van der Waals surface area contributed by atoms with Gasteiger partial charge in [-0.15, -0.1) is 29.8 Å². The molecule has 5 heteroatoms. The van der Waals surface area contributed by atoms with Crippen LogP contribution in [-0.4, -0.2) is 20.4 Å². The van der Waals surface area contributed by atoms with Crippen LogP contribution in [0.25, 0.3) is 44.2 Å². The van der Waals surface area contributed by atoms with Crippen molar-refractivity contribution in [3.8, 4) is 22.4 Å². The summed E-state index contributed by atoms with van der Waals surface area (Å²) in [7, 11) is 0. The zero-order valence-electron chi connectivity index (χ0n) is 24.4. The monoisotopic (exact) mass is 724 g/mol. The molecule has 1 atom stereocenters. The maximum absolute atomic E-state index is 10.0. The Balaban J connectivity index is 0.000000516. The Kier molecular flexibility index (Phi) is 12.1. The van der Waals surface area contributed by atoms with Crippen molar-refractivity contribution in [1.29, 1.82) is 0 Å². The number of aliphatic hydroxyl groups is 1. The summed E-state index contributed by atoms with van der Waals surface area (Å²) in [6, 6.07) is 31.6. The summed E-state index contributed by atoms with van der Waals surface area (Å²) in [5.41, 5.74) is 7.08. The molecule has 215 valence electrons. The van der Waals surface area contributed by atoms with Crippen LogP contribution in [0.5, 0.6) is 0 Å². The molecular weight excluding hydrogens is 685 g/mol. The van der Waals surface area contributed by atoms with E-state index in [1.54, 1.807) is 0 Å². The van der Waals surface area contributed by atoms with Gasteiger partial charge in [0.05, 0.1) is 5.76 Å². The average Bonchev–Trinajstić information content (AvgIpc) is 3.28. The summed E-state index contributed by atoms with van der Waals surface area (Å²) in [5, 5.41) is 11.1. The van der Waals surface area contributed by atoms with Crippen LogP contribution in [0.15, 0.2) is 96.9 Å². The average molecular weight is 724 g/mol. The van der Waals surface area contributed by atoms with Gasteiger partial charge in [-0.25, -0.2) is 0 Å². The molecule has 0 aliphatic heterocycles. The molecule has 0 aliphatic carbocycles. The Morgan fingerprint density at radius 2 is 1.68 bits per heavy atom. The smallest absolute Gasteiger partial charge is 0.155 e. The van der Waals surface area contributed by atoms with Gasteiger partial charge in [-0.05, 0) is 50.1 Å². The number of aromatic nitrogens is 2. The van der Waals surface area contributed by atoms with Gasteiger partial charge in [0, 0.05) is 60.7 Å². The number of hydrogen-bond donors (Lipinski definition) is 1. The number of rotatable bonds is 9. The summed E-state index contributed by atoms with van der Waals surface area (Å²) < 4.78 is 2.56. The van der Waals surface area contributed by atoms with Crippen molar-refractivity contribution in [2.45, 2.75) is 59.9 Å². The molecule has 5 rings (SSSR count). The number of carbonyl (C=O) groups is 1. The zero-order chi connectivity index (χ0) is 28.5. The van der Waals surface area contributed by atoms with Crippen LogP contribution in [-0.2, 0) is 31.4 Å². The molecule has 1 N–H and O–H groups in total. The standard InChI is InChI=1S/C31H31N2.C5H8O2.Ir/c1-3-5-10-23(4-2)22-33-30-13-7-6-11-27(30)28-19-18-26(21-31(28)33)24-14-16-25(17-15-24)29-12-8-9-20-32-29;1-4(6)3-5(2)7;/h6-9,11-16,18-21,23H,3-5,10,22H2,1-2H3;3,6H,1-2H3;/q-1;;/b;4-3-;. The van der Waals surface area contributed by atoms with E-state index in [4.69, 9.17) is 5.11 Å². The number of pyridine rings is 1. The zero-order valence-corrected chi connectivity index (χ0v) is 26.8. The minimum absolute atomic E-state index is 0. The predicted octanol–water partition coefficient (Wildman–Crippen LogP) is 9.57. The van der Waals surface area contributed by atoms with E-state index in [1.165, 1.54) is 78.5 Å². The number of ketones is 1. The number of hydrogen-bond acceptors (Lipinski definition) is 3. The summed E-state index contributed by atoms with van der Waals surface area (Å²) in [6.07, 6.45) is 8.08. The van der Waals surface area contributed by atoms with Crippen LogP contribution in [0.2, 0.25) is 0 Å². The molecule has 0 fully saturated rings. The summed E-state index contributed by atoms with van der Waals surface area (Å²) in [4.78, 5) is 14.5. The number of allylic oxidation sites excluding steroid dienone is 2. The minimum atomic E-state index is -0.125. The summed E-state index contributed by atoms with van der Waals surface area (Å²) in [6.45, 7) is 8.55. The maximum atomic E-state index is 10.0. The molecular formula is C36H39IrN2O2-. The maximum Gasteiger partial charge on any atom is 0.155 e. The van der Waals surface area contributed by atoms with E-state index in [0.29, 0.717) is 5.92 Å². The van der Waals surface area contributed by atoms with E-state index in [0.717, 1.165) is 17.8 Å². The first kappa shape index (κ1) is 32.0. The Morgan fingerprint density at radius 1 is 0.951 bits per heavy atom. The fourth-order valence-corrected chi connectivity index (χ4v) is 5.18. The normalized spacial score (nSPS) is 12.0. The van der Waals surface area contributed by atoms with Crippen molar-refractivity contribution >= 4 is 27.6 Å². The van der Waals surface area contributed by atoms with Crippen molar-refractivity contribution in [2.24, 2.45) is 5.92 Å². The predicted molar refractivity (Wildman–Crippen MR) is 167 cm³/mol. The second kappa shape index (κ2) is 15.5. The van der Waals surface area contributed by atoms with Crippen molar-refractivity contribution in [1.82, 2.24) is 9.55 Å². The number of fused-ring (bicyclic) bond motifs is 3. The van der Waals surface area contributed by atoms with Gasteiger partial charge < -0.3 is 14.7 Å². The van der Waals surface area contributed by atoms with Crippen molar-refractivity contribution in [3.63, 3.8) is 0 Å². The van der Waals surface area contributed by atoms with Crippen LogP contribution in [0, 0.1) is 12.0 Å². The number of unbranched alkanes of at least 4 members (excludes halogenated alkanes) is 1. The first-order chi connectivity index (χ1) is 19.4. The van der Waals surface area contributed by atoms with E-state index < -0.39 is 0 Å². The molecule has 4 nitrogen and oxygen atoms in total. The number of para-hydroxylation sites is 1. The molecule has 41 heavy (non-hydrogen) atoms. The second-order valence-corrected chi connectivity index (χ2v) is 10.4. The molecule has 0 saturated carbocycles. The van der Waals surface area contributed by atoms with Gasteiger partial charge in [-0.3, -0.25) is 4.79 Å². The molecule has 2 heterocycles. The quantitative estimate of drug-likeness (QED) is 0.0937. The molecule has 5 aromatic rings. The minimum Gasteiger partial charge on any atom is -0.512 e. The Hall–Kier alpha value is -3.53. The van der Waals surface area contributed by atoms with Crippen LogP contribution >= 0.6 is 0 Å². The number of benzene rings is 3. The molecule has 1 unspecified atom stereocenters. The second-order valence-electron chi connectivity index (χ2n) is 10.4. The van der Waals surface area contributed by atoms with Gasteiger partial charge in [0.15, 0.2) is 5.78 Å². The summed E-state index contributed by atoms with van der Waals surface area (Å²) >= 11 is 0. The Bertz CT molecular complexity index is 1580. The van der Waals surface area contributed by atoms with E-state index in [9.17, 15) is 4.79 Å².